The third kappa shape index (κ3) is 4.26. The Morgan fingerprint density at radius 1 is 1.09 bits per heavy atom. The topological polar surface area (TPSA) is 72.8 Å². The molecule has 0 unspecified atom stereocenters. The lowest BCUT2D eigenvalue weighted by Crippen LogP contribution is -2.70. The van der Waals surface area contributed by atoms with Gasteiger partial charge in [0.05, 0.1) is 12.2 Å². The summed E-state index contributed by atoms with van der Waals surface area (Å²) in [6.07, 6.45) is -0.726. The second-order valence-corrected chi connectivity index (χ2v) is 14.7. The van der Waals surface area contributed by atoms with Gasteiger partial charge in [-0.2, -0.15) is 0 Å². The minimum absolute atomic E-state index is 0.0341. The Kier molecular flexibility index (Phi) is 7.32. The summed E-state index contributed by atoms with van der Waals surface area (Å²) in [4.78, 5) is 26.1. The highest BCUT2D eigenvalue weighted by Gasteiger charge is 2.80. The number of carbonyl (C=O) groups excluding carboxylic acids is 2. The SMILES string of the molecule is Cc1cccc(Cc2ccc([C@@H]3O[C@@H]4C[C@H]5[C@@H]6C[C@H](F)C7=CC(=O)C=C[C@]7(C)[C@@]6(F)[C@@H](O)C[C@]5(C)[C@]4(C(=O)SCF)O3)cc2)c1. The standard InChI is InChI=1S/C36H37F3O5S/c1-20-5-4-6-22(13-20)14-21-7-9-23(10-8-21)31-43-30-17-25-26-16-28(38)27-15-24(40)11-12-33(27,2)35(26,39)29(41)18-34(25,3)36(30,44-31)32(42)45-19-37/h4-13,15,25-26,28-31,41H,14,16-19H2,1-3H3/t25-,26-,28-,29-,30+,31+,33-,34-,35-,36-/m0/s1. The first kappa shape index (κ1) is 30.9. The zero-order chi connectivity index (χ0) is 31.9. The first-order valence-corrected chi connectivity index (χ1v) is 16.5. The summed E-state index contributed by atoms with van der Waals surface area (Å²) in [5.74, 6) is -2.03. The number of aliphatic hydroxyl groups excluding tert-OH is 1. The number of hydrogen-bond acceptors (Lipinski definition) is 6. The first-order valence-electron chi connectivity index (χ1n) is 15.5. The van der Waals surface area contributed by atoms with Gasteiger partial charge in [-0.3, -0.25) is 9.59 Å². The number of halogens is 3. The van der Waals surface area contributed by atoms with E-state index in [1.54, 1.807) is 6.92 Å². The number of ketones is 1. The summed E-state index contributed by atoms with van der Waals surface area (Å²) in [7, 11) is 0. The number of aliphatic hydroxyl groups is 1. The third-order valence-corrected chi connectivity index (χ3v) is 12.3. The van der Waals surface area contributed by atoms with Crippen molar-refractivity contribution in [3.63, 3.8) is 0 Å². The van der Waals surface area contributed by atoms with E-state index in [1.807, 2.05) is 30.3 Å². The van der Waals surface area contributed by atoms with E-state index in [0.717, 1.165) is 18.1 Å². The highest BCUT2D eigenvalue weighted by atomic mass is 32.2. The van der Waals surface area contributed by atoms with Crippen LogP contribution in [0, 0.1) is 29.6 Å². The normalized spacial score (nSPS) is 41.6. The van der Waals surface area contributed by atoms with E-state index in [1.165, 1.54) is 30.2 Å². The zero-order valence-corrected chi connectivity index (χ0v) is 26.3. The molecule has 1 N–H and O–H groups in total. The van der Waals surface area contributed by atoms with Gasteiger partial charge in [-0.25, -0.2) is 13.2 Å². The highest BCUT2D eigenvalue weighted by molar-refractivity contribution is 8.13. The lowest BCUT2D eigenvalue weighted by atomic mass is 9.44. The molecular weight excluding hydrogens is 601 g/mol. The molecule has 10 atom stereocenters. The third-order valence-electron chi connectivity index (χ3n) is 11.6. The Morgan fingerprint density at radius 3 is 2.56 bits per heavy atom. The molecule has 1 heterocycles. The minimum atomic E-state index is -2.30. The van der Waals surface area contributed by atoms with Gasteiger partial charge in [-0.05, 0) is 74.3 Å². The van der Waals surface area contributed by atoms with E-state index >= 15 is 8.78 Å². The maximum atomic E-state index is 17.6. The van der Waals surface area contributed by atoms with Gasteiger partial charge in [-0.1, -0.05) is 78.9 Å². The molecule has 0 bridgehead atoms. The number of hydrogen-bond donors (Lipinski definition) is 1. The number of alkyl halides is 3. The molecule has 5 aliphatic rings. The van der Waals surface area contributed by atoms with Crippen molar-refractivity contribution in [2.75, 3.05) is 6.01 Å². The lowest BCUT2D eigenvalue weighted by Gasteiger charge is -2.63. The number of allylic oxidation sites excluding steroid dienone is 4. The smallest absolute Gasteiger partial charge is 0.226 e. The molecule has 45 heavy (non-hydrogen) atoms. The molecule has 1 aliphatic heterocycles. The predicted octanol–water partition coefficient (Wildman–Crippen LogP) is 6.85. The van der Waals surface area contributed by atoms with Gasteiger partial charge < -0.3 is 14.6 Å². The van der Waals surface area contributed by atoms with Gasteiger partial charge in [0.15, 0.2) is 23.3 Å². The molecule has 4 aliphatic carbocycles. The summed E-state index contributed by atoms with van der Waals surface area (Å²) in [6, 6.07) is 15.0. The monoisotopic (exact) mass is 638 g/mol. The maximum absolute atomic E-state index is 17.6. The van der Waals surface area contributed by atoms with Crippen molar-refractivity contribution in [2.24, 2.45) is 22.7 Å². The van der Waals surface area contributed by atoms with Crippen LogP contribution in [0.3, 0.4) is 0 Å². The number of thioether (sulfide) groups is 1. The Hall–Kier alpha value is -2.72. The van der Waals surface area contributed by atoms with E-state index in [0.29, 0.717) is 17.3 Å². The van der Waals surface area contributed by atoms with Crippen molar-refractivity contribution in [1.82, 2.24) is 0 Å². The van der Waals surface area contributed by atoms with Gasteiger partial charge in [0.25, 0.3) is 0 Å². The maximum Gasteiger partial charge on any atom is 0.226 e. The van der Waals surface area contributed by atoms with E-state index in [9.17, 15) is 19.1 Å². The van der Waals surface area contributed by atoms with Crippen LogP contribution in [0.25, 0.3) is 0 Å². The fraction of sp³-hybridized carbons (Fsp3) is 0.500. The molecule has 2 aromatic carbocycles. The average molecular weight is 639 g/mol. The summed E-state index contributed by atoms with van der Waals surface area (Å²) in [5, 5.41) is 11.1. The van der Waals surface area contributed by atoms with E-state index in [2.05, 4.69) is 25.1 Å². The molecule has 0 radical (unpaired) electrons. The molecule has 9 heteroatoms. The lowest BCUT2D eigenvalue weighted by molar-refractivity contribution is -0.232. The second kappa shape index (κ2) is 10.7. The van der Waals surface area contributed by atoms with Crippen LogP contribution in [-0.2, 0) is 25.5 Å². The molecule has 0 spiro atoms. The number of fused-ring (bicyclic) bond motifs is 7. The quantitative estimate of drug-likeness (QED) is 0.386. The van der Waals surface area contributed by atoms with Crippen LogP contribution in [0.1, 0.15) is 61.7 Å². The summed E-state index contributed by atoms with van der Waals surface area (Å²) in [6.45, 7) is 5.36. The molecule has 0 aromatic heterocycles. The van der Waals surface area contributed by atoms with Crippen molar-refractivity contribution in [3.8, 4) is 0 Å². The van der Waals surface area contributed by atoms with Crippen LogP contribution in [0.4, 0.5) is 13.2 Å². The van der Waals surface area contributed by atoms with Crippen LogP contribution < -0.4 is 0 Å². The number of rotatable bonds is 5. The van der Waals surface area contributed by atoms with Crippen LogP contribution >= 0.6 is 11.8 Å². The van der Waals surface area contributed by atoms with Crippen molar-refractivity contribution in [2.45, 2.75) is 82.4 Å². The first-order chi connectivity index (χ1) is 21.4. The molecule has 7 rings (SSSR count). The van der Waals surface area contributed by atoms with E-state index < -0.39 is 75.5 Å². The van der Waals surface area contributed by atoms with Gasteiger partial charge in [0.2, 0.25) is 5.12 Å². The number of benzene rings is 2. The van der Waals surface area contributed by atoms with Crippen LogP contribution in [-0.4, -0.2) is 51.7 Å². The van der Waals surface area contributed by atoms with E-state index in [4.69, 9.17) is 9.47 Å². The number of aryl methyl sites for hydroxylation is 1. The summed E-state index contributed by atoms with van der Waals surface area (Å²) in [5.41, 5.74) is -2.53. The zero-order valence-electron chi connectivity index (χ0n) is 25.5. The van der Waals surface area contributed by atoms with Crippen LogP contribution in [0.2, 0.25) is 0 Å². The highest BCUT2D eigenvalue weighted by Crippen LogP contribution is 2.73. The van der Waals surface area contributed by atoms with Gasteiger partial charge in [0.1, 0.15) is 12.2 Å². The van der Waals surface area contributed by atoms with Gasteiger partial charge in [-0.15, -0.1) is 0 Å². The number of carbonyl (C=O) groups is 2. The summed E-state index contributed by atoms with van der Waals surface area (Å²) < 4.78 is 60.2. The van der Waals surface area contributed by atoms with Gasteiger partial charge >= 0.3 is 0 Å². The largest absolute Gasteiger partial charge is 0.390 e. The Morgan fingerprint density at radius 2 is 1.84 bits per heavy atom. The van der Waals surface area contributed by atoms with Crippen molar-refractivity contribution >= 4 is 22.7 Å². The fourth-order valence-corrected chi connectivity index (χ4v) is 10.2. The molecule has 4 fully saturated rings. The van der Waals surface area contributed by atoms with Crippen molar-refractivity contribution in [3.05, 3.63) is 94.6 Å². The van der Waals surface area contributed by atoms with Crippen molar-refractivity contribution < 1.29 is 37.3 Å². The average Bonchev–Trinajstić information content (AvgIpc) is 3.50. The van der Waals surface area contributed by atoms with Crippen LogP contribution in [0.5, 0.6) is 0 Å². The Bertz CT molecular complexity index is 1610. The molecule has 238 valence electrons. The molecule has 2 aromatic rings. The fourth-order valence-electron chi connectivity index (χ4n) is 9.45. The predicted molar refractivity (Wildman–Crippen MR) is 164 cm³/mol. The molecule has 5 nitrogen and oxygen atoms in total. The summed E-state index contributed by atoms with van der Waals surface area (Å²) >= 11 is 0.482. The minimum Gasteiger partial charge on any atom is -0.390 e. The molecule has 1 saturated heterocycles. The Labute approximate surface area is 265 Å². The molecule has 3 saturated carbocycles. The van der Waals surface area contributed by atoms with Crippen molar-refractivity contribution in [1.29, 1.82) is 0 Å². The van der Waals surface area contributed by atoms with Gasteiger partial charge in [0, 0.05) is 22.3 Å². The molecule has 0 amide bonds. The second-order valence-electron chi connectivity index (χ2n) is 13.9. The Balaban J connectivity index is 1.22. The number of ether oxygens (including phenoxy) is 2. The van der Waals surface area contributed by atoms with Crippen LogP contribution in [0.15, 0.2) is 72.3 Å². The van der Waals surface area contributed by atoms with E-state index in [-0.39, 0.29) is 24.8 Å². The molecular formula is C36H37F3O5S.